The molecule has 1 fully saturated rings. The van der Waals surface area contributed by atoms with Crippen molar-refractivity contribution in [2.45, 2.75) is 12.8 Å². The number of thioether (sulfide) groups is 1. The molecule has 0 aliphatic carbocycles. The molecule has 0 radical (unpaired) electrons. The quantitative estimate of drug-likeness (QED) is 0.762. The van der Waals surface area contributed by atoms with Crippen molar-refractivity contribution in [2.75, 3.05) is 12.3 Å². The second-order valence-electron chi connectivity index (χ2n) is 5.87. The summed E-state index contributed by atoms with van der Waals surface area (Å²) in [6.45, 7) is 0.661. The first-order chi connectivity index (χ1) is 12.3. The van der Waals surface area contributed by atoms with Gasteiger partial charge < -0.3 is 4.98 Å². The summed E-state index contributed by atoms with van der Waals surface area (Å²) in [4.78, 5) is 26.5. The fourth-order valence-electron chi connectivity index (χ4n) is 2.84. The standard InChI is InChI=1S/C19H18N4OS/c24-18-13-25-19(20-14-7-2-1-3-8-14)23(18)12-6-11-17-21-15-9-4-5-10-16(15)22-17/h1-5,7-10H,6,11-13H2,(H,21,22). The molecule has 1 aromatic heterocycles. The predicted octanol–water partition coefficient (Wildman–Crippen LogP) is 3.76. The molecule has 2 heterocycles. The van der Waals surface area contributed by atoms with Gasteiger partial charge in [0.15, 0.2) is 5.17 Å². The number of H-pyrrole nitrogens is 1. The van der Waals surface area contributed by atoms with E-state index in [2.05, 4.69) is 15.0 Å². The number of hydrogen-bond donors (Lipinski definition) is 1. The Hall–Kier alpha value is -2.60. The molecule has 0 saturated carbocycles. The van der Waals surface area contributed by atoms with Crippen LogP contribution in [0.5, 0.6) is 0 Å². The molecule has 1 amide bonds. The van der Waals surface area contributed by atoms with Gasteiger partial charge in [0.25, 0.3) is 0 Å². The number of para-hydroxylation sites is 3. The third-order valence-electron chi connectivity index (χ3n) is 4.07. The number of benzene rings is 2. The van der Waals surface area contributed by atoms with Gasteiger partial charge in [-0.05, 0) is 30.7 Å². The van der Waals surface area contributed by atoms with Crippen LogP contribution in [0, 0.1) is 0 Å². The van der Waals surface area contributed by atoms with Crippen LogP contribution in [0.2, 0.25) is 0 Å². The van der Waals surface area contributed by atoms with Gasteiger partial charge in [0, 0.05) is 13.0 Å². The minimum absolute atomic E-state index is 0.129. The van der Waals surface area contributed by atoms with E-state index < -0.39 is 0 Å². The number of hydrogen-bond acceptors (Lipinski definition) is 4. The lowest BCUT2D eigenvalue weighted by molar-refractivity contribution is -0.124. The van der Waals surface area contributed by atoms with Crippen molar-refractivity contribution in [3.05, 3.63) is 60.4 Å². The number of rotatable bonds is 5. The van der Waals surface area contributed by atoms with Crippen molar-refractivity contribution in [1.29, 1.82) is 0 Å². The van der Waals surface area contributed by atoms with Crippen LogP contribution in [-0.2, 0) is 11.2 Å². The van der Waals surface area contributed by atoms with Crippen molar-refractivity contribution in [3.63, 3.8) is 0 Å². The molecule has 1 aliphatic heterocycles. The normalized spacial score (nSPS) is 16.2. The van der Waals surface area contributed by atoms with Crippen molar-refractivity contribution in [3.8, 4) is 0 Å². The Kier molecular flexibility index (Phi) is 4.52. The number of aromatic amines is 1. The summed E-state index contributed by atoms with van der Waals surface area (Å²) in [6.07, 6.45) is 1.65. The summed E-state index contributed by atoms with van der Waals surface area (Å²) >= 11 is 1.51. The number of imidazole rings is 1. The topological polar surface area (TPSA) is 61.4 Å². The van der Waals surface area contributed by atoms with E-state index in [0.29, 0.717) is 12.3 Å². The maximum Gasteiger partial charge on any atom is 0.239 e. The molecule has 0 spiro atoms. The van der Waals surface area contributed by atoms with Crippen LogP contribution >= 0.6 is 11.8 Å². The van der Waals surface area contributed by atoms with Crippen LogP contribution in [-0.4, -0.2) is 38.2 Å². The number of aryl methyl sites for hydroxylation is 1. The van der Waals surface area contributed by atoms with Crippen LogP contribution in [0.25, 0.3) is 11.0 Å². The molecule has 126 valence electrons. The smallest absolute Gasteiger partial charge is 0.239 e. The molecule has 25 heavy (non-hydrogen) atoms. The lowest BCUT2D eigenvalue weighted by atomic mass is 10.3. The Morgan fingerprint density at radius 3 is 2.76 bits per heavy atom. The molecule has 0 atom stereocenters. The highest BCUT2D eigenvalue weighted by atomic mass is 32.2. The summed E-state index contributed by atoms with van der Waals surface area (Å²) in [6, 6.07) is 17.8. The zero-order valence-corrected chi connectivity index (χ0v) is 14.5. The van der Waals surface area contributed by atoms with Gasteiger partial charge in [0.1, 0.15) is 5.82 Å². The summed E-state index contributed by atoms with van der Waals surface area (Å²) < 4.78 is 0. The molecule has 0 unspecified atom stereocenters. The van der Waals surface area contributed by atoms with Crippen LogP contribution < -0.4 is 0 Å². The molecule has 4 rings (SSSR count). The molecular formula is C19H18N4OS. The van der Waals surface area contributed by atoms with Gasteiger partial charge in [-0.1, -0.05) is 42.1 Å². The Labute approximate surface area is 150 Å². The number of aliphatic imine (C=N–C) groups is 1. The van der Waals surface area contributed by atoms with Gasteiger partial charge in [-0.15, -0.1) is 0 Å². The number of carbonyl (C=O) groups excluding carboxylic acids is 1. The number of aromatic nitrogens is 2. The summed E-state index contributed by atoms with van der Waals surface area (Å²) in [5, 5.41) is 0.792. The number of fused-ring (bicyclic) bond motifs is 1. The Balaban J connectivity index is 1.42. The summed E-state index contributed by atoms with van der Waals surface area (Å²) in [5.41, 5.74) is 2.91. The largest absolute Gasteiger partial charge is 0.342 e. The lowest BCUT2D eigenvalue weighted by Crippen LogP contribution is -2.30. The third-order valence-corrected chi connectivity index (χ3v) is 5.03. The van der Waals surface area contributed by atoms with Crippen molar-refractivity contribution < 1.29 is 4.79 Å². The van der Waals surface area contributed by atoms with E-state index in [9.17, 15) is 4.79 Å². The monoisotopic (exact) mass is 350 g/mol. The molecule has 1 aliphatic rings. The van der Waals surface area contributed by atoms with E-state index in [0.717, 1.165) is 40.6 Å². The first-order valence-electron chi connectivity index (χ1n) is 8.30. The molecule has 2 aromatic carbocycles. The van der Waals surface area contributed by atoms with Gasteiger partial charge in [-0.25, -0.2) is 9.98 Å². The van der Waals surface area contributed by atoms with Gasteiger partial charge >= 0.3 is 0 Å². The molecule has 1 saturated heterocycles. The molecule has 5 nitrogen and oxygen atoms in total. The second-order valence-corrected chi connectivity index (χ2v) is 6.81. The minimum Gasteiger partial charge on any atom is -0.342 e. The van der Waals surface area contributed by atoms with E-state index in [1.54, 1.807) is 4.90 Å². The average Bonchev–Trinajstić information content (AvgIpc) is 3.20. The maximum atomic E-state index is 12.2. The molecular weight excluding hydrogens is 332 g/mol. The highest BCUT2D eigenvalue weighted by molar-refractivity contribution is 8.15. The fourth-order valence-corrected chi connectivity index (χ4v) is 3.77. The molecule has 0 bridgehead atoms. The lowest BCUT2D eigenvalue weighted by Gasteiger charge is -2.15. The number of nitrogens with zero attached hydrogens (tertiary/aromatic N) is 3. The summed E-state index contributed by atoms with van der Waals surface area (Å²) in [7, 11) is 0. The van der Waals surface area contributed by atoms with E-state index in [1.807, 2.05) is 54.6 Å². The van der Waals surface area contributed by atoms with Crippen molar-refractivity contribution in [2.24, 2.45) is 4.99 Å². The predicted molar refractivity (Wildman–Crippen MR) is 102 cm³/mol. The van der Waals surface area contributed by atoms with Gasteiger partial charge in [0.2, 0.25) is 5.91 Å². The maximum absolute atomic E-state index is 12.2. The SMILES string of the molecule is O=C1CSC(=Nc2ccccc2)N1CCCc1nc2ccccc2[nH]1. The highest BCUT2D eigenvalue weighted by Gasteiger charge is 2.27. The van der Waals surface area contributed by atoms with Gasteiger partial charge in [0.05, 0.1) is 22.5 Å². The minimum atomic E-state index is 0.129. The van der Waals surface area contributed by atoms with E-state index in [-0.39, 0.29) is 5.91 Å². The zero-order valence-electron chi connectivity index (χ0n) is 13.7. The zero-order chi connectivity index (χ0) is 17.1. The van der Waals surface area contributed by atoms with E-state index >= 15 is 0 Å². The van der Waals surface area contributed by atoms with Crippen molar-refractivity contribution in [1.82, 2.24) is 14.9 Å². The van der Waals surface area contributed by atoms with Gasteiger partial charge in [-0.3, -0.25) is 9.69 Å². The number of nitrogens with one attached hydrogen (secondary N) is 1. The van der Waals surface area contributed by atoms with E-state index in [4.69, 9.17) is 0 Å². The van der Waals surface area contributed by atoms with Crippen LogP contribution in [0.4, 0.5) is 5.69 Å². The fraction of sp³-hybridized carbons (Fsp3) is 0.211. The first-order valence-corrected chi connectivity index (χ1v) is 9.29. The first kappa shape index (κ1) is 15.9. The number of carbonyl (C=O) groups is 1. The second kappa shape index (κ2) is 7.11. The van der Waals surface area contributed by atoms with Crippen LogP contribution in [0.15, 0.2) is 59.6 Å². The Morgan fingerprint density at radius 1 is 1.12 bits per heavy atom. The molecule has 3 aromatic rings. The van der Waals surface area contributed by atoms with E-state index in [1.165, 1.54) is 11.8 Å². The molecule has 1 N–H and O–H groups in total. The van der Waals surface area contributed by atoms with Crippen LogP contribution in [0.3, 0.4) is 0 Å². The highest BCUT2D eigenvalue weighted by Crippen LogP contribution is 2.24. The third kappa shape index (κ3) is 3.58. The van der Waals surface area contributed by atoms with Gasteiger partial charge in [-0.2, -0.15) is 0 Å². The Morgan fingerprint density at radius 2 is 1.92 bits per heavy atom. The number of amides is 1. The summed E-state index contributed by atoms with van der Waals surface area (Å²) in [5.74, 6) is 1.56. The number of amidine groups is 1. The Bertz CT molecular complexity index is 886. The van der Waals surface area contributed by atoms with Crippen LogP contribution in [0.1, 0.15) is 12.2 Å². The molecule has 6 heteroatoms. The van der Waals surface area contributed by atoms with Crippen molar-refractivity contribution >= 4 is 39.6 Å². The average molecular weight is 350 g/mol.